The maximum absolute atomic E-state index is 12.5. The molecular formula is C15H12Br2O5S. The zero-order valence-corrected chi connectivity index (χ0v) is 16.2. The fourth-order valence-electron chi connectivity index (χ4n) is 1.79. The van der Waals surface area contributed by atoms with E-state index in [1.54, 1.807) is 12.1 Å². The number of halogens is 2. The van der Waals surface area contributed by atoms with Crippen molar-refractivity contribution in [3.05, 3.63) is 50.9 Å². The SMILES string of the molecule is COc1cc(C(C)=O)ccc1OS(=O)(=O)c1cc(Br)ccc1Br. The third-order valence-electron chi connectivity index (χ3n) is 2.93. The van der Waals surface area contributed by atoms with E-state index in [1.807, 2.05) is 0 Å². The average Bonchev–Trinajstić information content (AvgIpc) is 2.49. The predicted octanol–water partition coefficient (Wildman–Crippen LogP) is 4.19. The number of rotatable bonds is 5. The van der Waals surface area contributed by atoms with Crippen molar-refractivity contribution in [1.82, 2.24) is 0 Å². The lowest BCUT2D eigenvalue weighted by Crippen LogP contribution is -2.11. The standard InChI is InChI=1S/C15H12Br2O5S/c1-9(18)10-3-6-13(14(7-10)21-2)22-23(19,20)15-8-11(16)4-5-12(15)17/h3-8H,1-2H3. The van der Waals surface area contributed by atoms with E-state index in [9.17, 15) is 13.2 Å². The van der Waals surface area contributed by atoms with E-state index in [2.05, 4.69) is 31.9 Å². The second-order valence-corrected chi connectivity index (χ2v) is 7.82. The van der Waals surface area contributed by atoms with Gasteiger partial charge in [0.1, 0.15) is 4.90 Å². The van der Waals surface area contributed by atoms with Gasteiger partial charge in [-0.2, -0.15) is 8.42 Å². The average molecular weight is 464 g/mol. The summed E-state index contributed by atoms with van der Waals surface area (Å²) in [6.45, 7) is 1.41. The van der Waals surface area contributed by atoms with Crippen LogP contribution in [-0.4, -0.2) is 21.3 Å². The summed E-state index contributed by atoms with van der Waals surface area (Å²) in [6.07, 6.45) is 0. The van der Waals surface area contributed by atoms with Crippen LogP contribution in [0.1, 0.15) is 17.3 Å². The van der Waals surface area contributed by atoms with Crippen molar-refractivity contribution in [1.29, 1.82) is 0 Å². The lowest BCUT2D eigenvalue weighted by atomic mass is 10.1. The van der Waals surface area contributed by atoms with Crippen LogP contribution in [0.2, 0.25) is 0 Å². The van der Waals surface area contributed by atoms with Crippen molar-refractivity contribution in [2.45, 2.75) is 11.8 Å². The van der Waals surface area contributed by atoms with Crippen molar-refractivity contribution in [3.8, 4) is 11.5 Å². The second kappa shape index (κ2) is 7.02. The van der Waals surface area contributed by atoms with Gasteiger partial charge in [-0.3, -0.25) is 4.79 Å². The molecule has 5 nitrogen and oxygen atoms in total. The van der Waals surface area contributed by atoms with Gasteiger partial charge in [0.15, 0.2) is 17.3 Å². The zero-order valence-electron chi connectivity index (χ0n) is 12.2. The summed E-state index contributed by atoms with van der Waals surface area (Å²) < 4.78 is 36.2. The Morgan fingerprint density at radius 2 is 1.74 bits per heavy atom. The predicted molar refractivity (Wildman–Crippen MR) is 92.7 cm³/mol. The highest BCUT2D eigenvalue weighted by molar-refractivity contribution is 9.11. The van der Waals surface area contributed by atoms with Gasteiger partial charge in [0.2, 0.25) is 0 Å². The highest BCUT2D eigenvalue weighted by Crippen LogP contribution is 2.33. The molecule has 2 aromatic rings. The molecule has 0 heterocycles. The normalized spacial score (nSPS) is 11.1. The summed E-state index contributed by atoms with van der Waals surface area (Å²) in [5.41, 5.74) is 0.398. The van der Waals surface area contributed by atoms with Crippen LogP contribution in [-0.2, 0) is 10.1 Å². The van der Waals surface area contributed by atoms with Gasteiger partial charge in [0.05, 0.1) is 7.11 Å². The van der Waals surface area contributed by atoms with Gasteiger partial charge >= 0.3 is 10.1 Å². The summed E-state index contributed by atoms with van der Waals surface area (Å²) in [4.78, 5) is 11.4. The van der Waals surface area contributed by atoms with Gasteiger partial charge in [-0.15, -0.1) is 0 Å². The minimum Gasteiger partial charge on any atom is -0.493 e. The molecule has 0 fully saturated rings. The molecule has 2 aromatic carbocycles. The lowest BCUT2D eigenvalue weighted by molar-refractivity contribution is 0.101. The zero-order chi connectivity index (χ0) is 17.2. The monoisotopic (exact) mass is 462 g/mol. The summed E-state index contributed by atoms with van der Waals surface area (Å²) in [5.74, 6) is 0.00390. The maximum Gasteiger partial charge on any atom is 0.340 e. The summed E-state index contributed by atoms with van der Waals surface area (Å²) >= 11 is 6.41. The molecule has 0 atom stereocenters. The summed E-state index contributed by atoms with van der Waals surface area (Å²) in [6, 6.07) is 9.02. The Balaban J connectivity index is 2.45. The molecule has 0 saturated carbocycles. The number of hydrogen-bond donors (Lipinski definition) is 0. The second-order valence-electron chi connectivity index (χ2n) is 4.53. The van der Waals surface area contributed by atoms with Crippen molar-refractivity contribution >= 4 is 47.8 Å². The van der Waals surface area contributed by atoms with Gasteiger partial charge in [-0.05, 0) is 59.3 Å². The molecule has 0 amide bonds. The van der Waals surface area contributed by atoms with Crippen molar-refractivity contribution in [3.63, 3.8) is 0 Å². The largest absolute Gasteiger partial charge is 0.493 e. The molecule has 0 N–H and O–H groups in total. The number of carbonyl (C=O) groups is 1. The smallest absolute Gasteiger partial charge is 0.340 e. The molecule has 122 valence electrons. The van der Waals surface area contributed by atoms with E-state index < -0.39 is 10.1 Å². The Morgan fingerprint density at radius 3 is 2.35 bits per heavy atom. The van der Waals surface area contributed by atoms with E-state index in [-0.39, 0.29) is 22.2 Å². The van der Waals surface area contributed by atoms with Crippen molar-refractivity contribution in [2.24, 2.45) is 0 Å². The molecule has 0 aliphatic carbocycles. The lowest BCUT2D eigenvalue weighted by Gasteiger charge is -2.12. The Kier molecular flexibility index (Phi) is 5.49. The van der Waals surface area contributed by atoms with E-state index in [0.717, 1.165) is 0 Å². The number of benzene rings is 2. The first-order valence-electron chi connectivity index (χ1n) is 6.33. The molecule has 8 heteroatoms. The minimum absolute atomic E-state index is 0.00405. The van der Waals surface area contributed by atoms with Crippen LogP contribution in [0.4, 0.5) is 0 Å². The minimum atomic E-state index is -4.07. The number of ketones is 1. The topological polar surface area (TPSA) is 69.7 Å². The highest BCUT2D eigenvalue weighted by Gasteiger charge is 2.22. The van der Waals surface area contributed by atoms with Gasteiger partial charge in [-0.1, -0.05) is 15.9 Å². The van der Waals surface area contributed by atoms with Crippen LogP contribution in [0.25, 0.3) is 0 Å². The van der Waals surface area contributed by atoms with Crippen molar-refractivity contribution < 1.29 is 22.1 Å². The molecule has 0 radical (unpaired) electrons. The Bertz CT molecular complexity index is 862. The molecule has 0 saturated heterocycles. The first-order valence-corrected chi connectivity index (χ1v) is 9.32. The molecule has 0 bridgehead atoms. The Labute approximate surface area is 151 Å². The first kappa shape index (κ1) is 18.0. The number of hydrogen-bond acceptors (Lipinski definition) is 5. The third-order valence-corrected chi connectivity index (χ3v) is 5.65. The Morgan fingerprint density at radius 1 is 1.04 bits per heavy atom. The van der Waals surface area contributed by atoms with Gasteiger partial charge < -0.3 is 8.92 Å². The molecule has 0 aliphatic rings. The van der Waals surface area contributed by atoms with Crippen LogP contribution in [0.15, 0.2) is 50.2 Å². The maximum atomic E-state index is 12.5. The molecule has 0 aromatic heterocycles. The molecule has 23 heavy (non-hydrogen) atoms. The highest BCUT2D eigenvalue weighted by atomic mass is 79.9. The van der Waals surface area contributed by atoms with Crippen LogP contribution in [0, 0.1) is 0 Å². The van der Waals surface area contributed by atoms with E-state index in [4.69, 9.17) is 8.92 Å². The summed E-state index contributed by atoms with van der Waals surface area (Å²) in [7, 11) is -2.71. The summed E-state index contributed by atoms with van der Waals surface area (Å²) in [5, 5.41) is 0. The van der Waals surface area contributed by atoms with Gasteiger partial charge in [0, 0.05) is 14.5 Å². The van der Waals surface area contributed by atoms with E-state index in [1.165, 1.54) is 38.3 Å². The fraction of sp³-hybridized carbons (Fsp3) is 0.133. The molecule has 2 rings (SSSR count). The van der Waals surface area contributed by atoms with Crippen molar-refractivity contribution in [2.75, 3.05) is 7.11 Å². The van der Waals surface area contributed by atoms with E-state index >= 15 is 0 Å². The van der Waals surface area contributed by atoms with Crippen LogP contribution in [0.5, 0.6) is 11.5 Å². The van der Waals surface area contributed by atoms with Gasteiger partial charge in [0.25, 0.3) is 0 Å². The van der Waals surface area contributed by atoms with Crippen LogP contribution in [0.3, 0.4) is 0 Å². The number of Topliss-reactive ketones (excluding diaryl/α,β-unsaturated/α-hetero) is 1. The van der Waals surface area contributed by atoms with Gasteiger partial charge in [-0.25, -0.2) is 0 Å². The molecule has 0 spiro atoms. The third kappa shape index (κ3) is 4.13. The molecule has 0 aliphatic heterocycles. The number of methoxy groups -OCH3 is 1. The van der Waals surface area contributed by atoms with Crippen LogP contribution >= 0.6 is 31.9 Å². The van der Waals surface area contributed by atoms with Crippen LogP contribution < -0.4 is 8.92 Å². The molecular weight excluding hydrogens is 452 g/mol. The Hall–Kier alpha value is -1.38. The first-order chi connectivity index (χ1) is 10.7. The number of ether oxygens (including phenoxy) is 1. The number of carbonyl (C=O) groups excluding carboxylic acids is 1. The fourth-order valence-corrected chi connectivity index (χ4v) is 4.18. The molecule has 0 unspecified atom stereocenters. The van der Waals surface area contributed by atoms with E-state index in [0.29, 0.717) is 14.5 Å². The quantitative estimate of drug-likeness (QED) is 0.491.